The van der Waals surface area contributed by atoms with Gasteiger partial charge in [0.15, 0.2) is 5.82 Å². The fourth-order valence-corrected chi connectivity index (χ4v) is 7.64. The van der Waals surface area contributed by atoms with Gasteiger partial charge in [0.2, 0.25) is 23.6 Å². The Hall–Kier alpha value is -6.47. The molecule has 5 amide bonds. The van der Waals surface area contributed by atoms with E-state index in [1.165, 1.54) is 14.0 Å². The van der Waals surface area contributed by atoms with Crippen molar-refractivity contribution in [1.82, 2.24) is 36.1 Å². The molecule has 0 radical (unpaired) electrons. The SMILES string of the molecule is Cc1nc(-c2ccc(C(C)(C)C)cc2)nc(C)c1C(=O)N[C@H](CO)C(=O)N[C@@H](CCN)C(=O)N(C)[C@@H]1C(=O)N[C@@H](C)C(=O)NCCc2ccc(OCCN)c(c2)-c2cc1ccc2OCCN. The molecule has 0 unspecified atom stereocenters. The van der Waals surface area contributed by atoms with Crippen molar-refractivity contribution in [3.63, 3.8) is 0 Å². The van der Waals surface area contributed by atoms with Gasteiger partial charge in [-0.05, 0) is 86.5 Å². The average Bonchev–Trinajstić information content (AvgIpc) is 3.28. The van der Waals surface area contributed by atoms with E-state index in [2.05, 4.69) is 52.0 Å². The Kier molecular flexibility index (Phi) is 17.3. The molecule has 1 aliphatic heterocycles. The molecule has 3 aromatic carbocycles. The zero-order valence-corrected chi connectivity index (χ0v) is 38.8. The highest BCUT2D eigenvalue weighted by Gasteiger charge is 2.36. The minimum Gasteiger partial charge on any atom is -0.492 e. The van der Waals surface area contributed by atoms with Gasteiger partial charge in [-0.15, -0.1) is 0 Å². The van der Waals surface area contributed by atoms with E-state index >= 15 is 0 Å². The summed E-state index contributed by atoms with van der Waals surface area (Å²) in [6.45, 7) is 11.4. The Bertz CT molecular complexity index is 2360. The van der Waals surface area contributed by atoms with Crippen LogP contribution >= 0.6 is 0 Å². The second-order valence-electron chi connectivity index (χ2n) is 17.3. The first-order valence-corrected chi connectivity index (χ1v) is 22.1. The third kappa shape index (κ3) is 12.2. The average molecular weight is 909 g/mol. The molecule has 5 rings (SSSR count). The number of aryl methyl sites for hydroxylation is 2. The Morgan fingerprint density at radius 2 is 1.45 bits per heavy atom. The highest BCUT2D eigenvalue weighted by Crippen LogP contribution is 2.40. The molecule has 0 aliphatic carbocycles. The fourth-order valence-electron chi connectivity index (χ4n) is 7.64. The van der Waals surface area contributed by atoms with Gasteiger partial charge < -0.3 is 57.9 Å². The van der Waals surface area contributed by atoms with E-state index in [4.69, 9.17) is 26.7 Å². The Labute approximate surface area is 385 Å². The van der Waals surface area contributed by atoms with Crippen LogP contribution < -0.4 is 47.9 Å². The van der Waals surface area contributed by atoms with Crippen LogP contribution in [-0.4, -0.2) is 121 Å². The summed E-state index contributed by atoms with van der Waals surface area (Å²) >= 11 is 0. The van der Waals surface area contributed by atoms with E-state index in [1.54, 1.807) is 38.1 Å². The lowest BCUT2D eigenvalue weighted by atomic mass is 9.86. The summed E-state index contributed by atoms with van der Waals surface area (Å²) in [5.74, 6) is -2.10. The van der Waals surface area contributed by atoms with Crippen LogP contribution in [0.2, 0.25) is 0 Å². The maximum Gasteiger partial charge on any atom is 0.255 e. The van der Waals surface area contributed by atoms with Gasteiger partial charge in [-0.2, -0.15) is 0 Å². The van der Waals surface area contributed by atoms with Crippen LogP contribution in [0.1, 0.15) is 78.6 Å². The van der Waals surface area contributed by atoms with Gasteiger partial charge in [0.1, 0.15) is 48.9 Å². The lowest BCUT2D eigenvalue weighted by Gasteiger charge is -2.33. The third-order valence-corrected chi connectivity index (χ3v) is 11.2. The van der Waals surface area contributed by atoms with Gasteiger partial charge in [0.25, 0.3) is 5.91 Å². The Balaban J connectivity index is 1.45. The van der Waals surface area contributed by atoms with Crippen molar-refractivity contribution in [2.45, 2.75) is 84.0 Å². The summed E-state index contributed by atoms with van der Waals surface area (Å²) < 4.78 is 12.1. The first-order chi connectivity index (χ1) is 31.4. The molecule has 66 heavy (non-hydrogen) atoms. The van der Waals surface area contributed by atoms with E-state index in [1.807, 2.05) is 36.4 Å². The van der Waals surface area contributed by atoms with Crippen molar-refractivity contribution in [3.8, 4) is 34.0 Å². The third-order valence-electron chi connectivity index (χ3n) is 11.2. The monoisotopic (exact) mass is 908 g/mol. The number of nitrogens with zero attached hydrogens (tertiary/aromatic N) is 3. The number of nitrogens with one attached hydrogen (secondary N) is 4. The number of benzene rings is 3. The molecule has 18 nitrogen and oxygen atoms in total. The number of fused-ring (bicyclic) bond motifs is 5. The Morgan fingerprint density at radius 3 is 2.03 bits per heavy atom. The number of aliphatic hydroxyl groups excluding tert-OH is 1. The molecule has 4 aromatic rings. The number of rotatable bonds is 16. The quantitative estimate of drug-likeness (QED) is 0.0796. The minimum absolute atomic E-state index is 0.0449. The normalized spacial score (nSPS) is 16.2. The molecule has 4 atom stereocenters. The predicted octanol–water partition coefficient (Wildman–Crippen LogP) is 1.70. The number of aromatic nitrogens is 2. The van der Waals surface area contributed by atoms with Crippen molar-refractivity contribution >= 4 is 29.5 Å². The van der Waals surface area contributed by atoms with Gasteiger partial charge in [0.05, 0.1) is 23.6 Å². The first-order valence-electron chi connectivity index (χ1n) is 22.1. The van der Waals surface area contributed by atoms with Gasteiger partial charge >= 0.3 is 0 Å². The van der Waals surface area contributed by atoms with Crippen molar-refractivity contribution in [2.24, 2.45) is 17.2 Å². The lowest BCUT2D eigenvalue weighted by Crippen LogP contribution is -2.57. The fraction of sp³-hybridized carbons (Fsp3) is 0.438. The molecule has 4 bridgehead atoms. The second-order valence-corrected chi connectivity index (χ2v) is 17.3. The molecule has 2 heterocycles. The van der Waals surface area contributed by atoms with Crippen LogP contribution in [0.3, 0.4) is 0 Å². The highest BCUT2D eigenvalue weighted by molar-refractivity contribution is 6.00. The van der Waals surface area contributed by atoms with E-state index in [9.17, 15) is 29.1 Å². The highest BCUT2D eigenvalue weighted by atomic mass is 16.5. The largest absolute Gasteiger partial charge is 0.492 e. The van der Waals surface area contributed by atoms with Crippen LogP contribution in [0.5, 0.6) is 11.5 Å². The number of hydrogen-bond acceptors (Lipinski definition) is 13. The molecule has 354 valence electrons. The number of carbonyl (C=O) groups is 5. The molecule has 0 saturated heterocycles. The lowest BCUT2D eigenvalue weighted by molar-refractivity contribution is -0.143. The molecule has 1 aromatic heterocycles. The topological polar surface area (TPSA) is 279 Å². The summed E-state index contributed by atoms with van der Waals surface area (Å²) in [7, 11) is 1.39. The van der Waals surface area contributed by atoms with E-state index in [0.29, 0.717) is 51.8 Å². The molecule has 18 heteroatoms. The summed E-state index contributed by atoms with van der Waals surface area (Å²) in [4.78, 5) is 80.1. The number of nitrogens with two attached hydrogens (primary N) is 3. The summed E-state index contributed by atoms with van der Waals surface area (Å²) in [6.07, 6.45) is 0.392. The standard InChI is InChI=1S/C48H64N10O8/c1-27-40(28(2)54-42(53-27)31-9-12-33(13-10-31)48(4,5)6)45(62)57-37(26-59)44(61)56-36(16-18-49)47(64)58(7)41-32-11-15-39(66-23-20-51)35(25-32)34-24-30(8-14-38(34)65-22-19-50)17-21-52-43(60)29(3)55-46(41)63/h8-15,24-25,29,36-37,41,59H,16-23,26,49-51H2,1-7H3,(H,52,60)(H,55,63)(H,56,61)(H,57,62)/t29-,36-,37+,41-/m0/s1. The molecule has 0 fully saturated rings. The maximum absolute atomic E-state index is 14.6. The van der Waals surface area contributed by atoms with Crippen LogP contribution in [-0.2, 0) is 31.0 Å². The second kappa shape index (κ2) is 22.6. The molecule has 1 aliphatic rings. The van der Waals surface area contributed by atoms with Crippen molar-refractivity contribution < 1.29 is 38.6 Å². The van der Waals surface area contributed by atoms with Crippen LogP contribution in [0.15, 0.2) is 60.7 Å². The van der Waals surface area contributed by atoms with Crippen LogP contribution in [0.25, 0.3) is 22.5 Å². The molecular formula is C48H64N10O8. The summed E-state index contributed by atoms with van der Waals surface area (Å²) in [5, 5.41) is 21.2. The number of hydrogen-bond donors (Lipinski definition) is 8. The molecule has 0 spiro atoms. The summed E-state index contributed by atoms with van der Waals surface area (Å²) in [5.41, 5.74) is 22.6. The summed E-state index contributed by atoms with van der Waals surface area (Å²) in [6, 6.07) is 13.3. The first kappa shape index (κ1) is 50.5. The molecular weight excluding hydrogens is 845 g/mol. The van der Waals surface area contributed by atoms with Crippen LogP contribution in [0.4, 0.5) is 0 Å². The molecule has 11 N–H and O–H groups in total. The zero-order chi connectivity index (χ0) is 48.3. The number of ether oxygens (including phenoxy) is 2. The van der Waals surface area contributed by atoms with Crippen LogP contribution in [0, 0.1) is 13.8 Å². The smallest absolute Gasteiger partial charge is 0.255 e. The van der Waals surface area contributed by atoms with Gasteiger partial charge in [-0.3, -0.25) is 24.0 Å². The van der Waals surface area contributed by atoms with Gasteiger partial charge in [-0.25, -0.2) is 9.97 Å². The zero-order valence-electron chi connectivity index (χ0n) is 38.8. The van der Waals surface area contributed by atoms with Crippen molar-refractivity contribution in [2.75, 3.05) is 53.0 Å². The Morgan fingerprint density at radius 1 is 0.848 bits per heavy atom. The number of aliphatic hydroxyl groups is 1. The van der Waals surface area contributed by atoms with Crippen molar-refractivity contribution in [1.29, 1.82) is 0 Å². The number of amides is 5. The number of likely N-dealkylation sites (N-methyl/N-ethyl adjacent to an activating group) is 1. The number of carbonyl (C=O) groups excluding carboxylic acids is 5. The molecule has 0 saturated carbocycles. The van der Waals surface area contributed by atoms with Gasteiger partial charge in [-0.1, -0.05) is 57.2 Å². The van der Waals surface area contributed by atoms with Crippen molar-refractivity contribution in [3.05, 3.63) is 94.3 Å². The predicted molar refractivity (Wildman–Crippen MR) is 250 cm³/mol. The van der Waals surface area contributed by atoms with E-state index in [0.717, 1.165) is 21.6 Å². The van der Waals surface area contributed by atoms with E-state index < -0.39 is 60.3 Å². The van der Waals surface area contributed by atoms with E-state index in [-0.39, 0.29) is 56.8 Å². The van der Waals surface area contributed by atoms with Gasteiger partial charge in [0, 0.05) is 43.4 Å². The minimum atomic E-state index is -1.51. The maximum atomic E-state index is 14.6.